The zero-order valence-corrected chi connectivity index (χ0v) is 15.9. The molecule has 2 aromatic carbocycles. The highest BCUT2D eigenvalue weighted by Crippen LogP contribution is 2.35. The van der Waals surface area contributed by atoms with E-state index in [2.05, 4.69) is 15.0 Å². The number of benzene rings is 2. The van der Waals surface area contributed by atoms with Gasteiger partial charge in [-0.1, -0.05) is 12.1 Å². The fourth-order valence-corrected chi connectivity index (χ4v) is 3.16. The predicted octanol–water partition coefficient (Wildman–Crippen LogP) is 3.47. The van der Waals surface area contributed by atoms with Gasteiger partial charge in [0.1, 0.15) is 12.0 Å². The molecule has 0 unspecified atom stereocenters. The minimum atomic E-state index is -0.556. The smallest absolute Gasteiger partial charge is 0.267 e. The van der Waals surface area contributed by atoms with Gasteiger partial charge in [-0.25, -0.2) is 9.97 Å². The summed E-state index contributed by atoms with van der Waals surface area (Å²) >= 11 is 0. The molecule has 0 aliphatic rings. The molecule has 0 atom stereocenters. The zero-order valence-electron chi connectivity index (χ0n) is 15.9. The highest BCUT2D eigenvalue weighted by atomic mass is 16.5. The van der Waals surface area contributed by atoms with Gasteiger partial charge in [0.2, 0.25) is 0 Å². The number of ether oxygens (including phenoxy) is 2. The predicted molar refractivity (Wildman–Crippen MR) is 110 cm³/mol. The molecule has 2 heterocycles. The van der Waals surface area contributed by atoms with Crippen molar-refractivity contribution in [3.05, 3.63) is 66.7 Å². The molecule has 0 saturated heterocycles. The maximum Gasteiger partial charge on any atom is 0.267 e. The number of pyridine rings is 1. The third-order valence-electron chi connectivity index (χ3n) is 4.64. The van der Waals surface area contributed by atoms with Crippen molar-refractivity contribution < 1.29 is 14.3 Å². The fourth-order valence-electron chi connectivity index (χ4n) is 3.16. The first-order valence-corrected chi connectivity index (χ1v) is 8.84. The van der Waals surface area contributed by atoms with E-state index >= 15 is 0 Å². The Morgan fingerprint density at radius 3 is 2.28 bits per heavy atom. The van der Waals surface area contributed by atoms with Crippen molar-refractivity contribution in [1.29, 1.82) is 0 Å². The van der Waals surface area contributed by atoms with Gasteiger partial charge in [-0.05, 0) is 42.0 Å². The Morgan fingerprint density at radius 1 is 0.828 bits per heavy atom. The molecule has 29 heavy (non-hydrogen) atoms. The molecule has 2 aromatic heterocycles. The zero-order chi connectivity index (χ0) is 20.4. The van der Waals surface area contributed by atoms with E-state index in [0.29, 0.717) is 11.5 Å². The summed E-state index contributed by atoms with van der Waals surface area (Å²) in [4.78, 5) is 24.2. The molecule has 1 amide bonds. The average Bonchev–Trinajstić information content (AvgIpc) is 2.77. The van der Waals surface area contributed by atoms with Gasteiger partial charge in [0.05, 0.1) is 25.4 Å². The maximum atomic E-state index is 11.2. The normalized spacial score (nSPS) is 10.7. The van der Waals surface area contributed by atoms with Gasteiger partial charge in [0.15, 0.2) is 11.5 Å². The number of carbonyl (C=O) groups excluding carboxylic acids is 1. The quantitative estimate of drug-likeness (QED) is 0.564. The minimum absolute atomic E-state index is 0.226. The van der Waals surface area contributed by atoms with E-state index in [1.807, 2.05) is 42.5 Å². The van der Waals surface area contributed by atoms with Crippen LogP contribution in [0.15, 0.2) is 61.1 Å². The van der Waals surface area contributed by atoms with E-state index < -0.39 is 5.91 Å². The van der Waals surface area contributed by atoms with Gasteiger partial charge in [-0.3, -0.25) is 9.78 Å². The number of nitrogens with zero attached hydrogens (tertiary/aromatic N) is 3. The van der Waals surface area contributed by atoms with Crippen LogP contribution in [0.25, 0.3) is 33.3 Å². The van der Waals surface area contributed by atoms with Crippen molar-refractivity contribution in [2.45, 2.75) is 0 Å². The van der Waals surface area contributed by atoms with Crippen molar-refractivity contribution in [2.75, 3.05) is 14.2 Å². The Morgan fingerprint density at radius 2 is 1.59 bits per heavy atom. The van der Waals surface area contributed by atoms with E-state index in [9.17, 15) is 4.79 Å². The monoisotopic (exact) mass is 386 g/mol. The van der Waals surface area contributed by atoms with Crippen LogP contribution < -0.4 is 15.2 Å². The Kier molecular flexibility index (Phi) is 4.78. The number of primary amides is 1. The Labute approximate surface area is 167 Å². The summed E-state index contributed by atoms with van der Waals surface area (Å²) < 4.78 is 10.7. The summed E-state index contributed by atoms with van der Waals surface area (Å²) in [5, 5.41) is 0.885. The molecule has 0 radical (unpaired) electrons. The van der Waals surface area contributed by atoms with Crippen LogP contribution in [0.4, 0.5) is 0 Å². The van der Waals surface area contributed by atoms with Gasteiger partial charge in [-0.2, -0.15) is 0 Å². The van der Waals surface area contributed by atoms with Gasteiger partial charge >= 0.3 is 0 Å². The second kappa shape index (κ2) is 7.55. The standard InChI is InChI=1S/C22H18N4O3/c1-28-19-8-5-14(10-20(19)29-2)21-16-9-13(3-6-17(16)25-12-26-21)15-4-7-18(22(23)27)24-11-15/h3-12H,1-2H3,(H2,23,27). The van der Waals surface area contributed by atoms with E-state index in [-0.39, 0.29) is 5.69 Å². The number of fused-ring (bicyclic) bond motifs is 1. The minimum Gasteiger partial charge on any atom is -0.493 e. The van der Waals surface area contributed by atoms with Crippen molar-refractivity contribution in [3.8, 4) is 33.9 Å². The van der Waals surface area contributed by atoms with Crippen LogP contribution in [0.2, 0.25) is 0 Å². The second-order valence-corrected chi connectivity index (χ2v) is 6.32. The van der Waals surface area contributed by atoms with Gasteiger partial charge < -0.3 is 15.2 Å². The first-order chi connectivity index (χ1) is 14.1. The highest BCUT2D eigenvalue weighted by Gasteiger charge is 2.12. The third kappa shape index (κ3) is 3.45. The Bertz CT molecular complexity index is 1210. The summed E-state index contributed by atoms with van der Waals surface area (Å²) in [5.74, 6) is 0.717. The van der Waals surface area contributed by atoms with Gasteiger partial charge in [-0.15, -0.1) is 0 Å². The first-order valence-electron chi connectivity index (χ1n) is 8.84. The molecule has 0 bridgehead atoms. The SMILES string of the molecule is COc1ccc(-c2ncnc3ccc(-c4ccc(C(N)=O)nc4)cc23)cc1OC. The topological polar surface area (TPSA) is 100 Å². The molecule has 144 valence electrons. The van der Waals surface area contributed by atoms with E-state index in [1.54, 1.807) is 26.5 Å². The number of hydrogen-bond acceptors (Lipinski definition) is 6. The van der Waals surface area contributed by atoms with Crippen LogP contribution in [0, 0.1) is 0 Å². The summed E-state index contributed by atoms with van der Waals surface area (Å²) in [7, 11) is 3.20. The number of amides is 1. The molecular formula is C22H18N4O3. The van der Waals surface area contributed by atoms with E-state index in [4.69, 9.17) is 15.2 Å². The molecular weight excluding hydrogens is 368 g/mol. The third-order valence-corrected chi connectivity index (χ3v) is 4.64. The van der Waals surface area contributed by atoms with Crippen LogP contribution in [-0.4, -0.2) is 35.1 Å². The molecule has 7 nitrogen and oxygen atoms in total. The second-order valence-electron chi connectivity index (χ2n) is 6.32. The van der Waals surface area contributed by atoms with Crippen LogP contribution in [0.5, 0.6) is 11.5 Å². The summed E-state index contributed by atoms with van der Waals surface area (Å²) in [6, 6.07) is 15.0. The molecule has 0 spiro atoms. The van der Waals surface area contributed by atoms with Crippen LogP contribution in [0.1, 0.15) is 10.5 Å². The van der Waals surface area contributed by atoms with Gasteiger partial charge in [0.25, 0.3) is 5.91 Å². The molecule has 7 heteroatoms. The van der Waals surface area contributed by atoms with E-state index in [1.165, 1.54) is 6.33 Å². The summed E-state index contributed by atoms with van der Waals surface area (Å²) in [6.07, 6.45) is 3.17. The fraction of sp³-hybridized carbons (Fsp3) is 0.0909. The molecule has 0 fully saturated rings. The van der Waals surface area contributed by atoms with Crippen LogP contribution in [-0.2, 0) is 0 Å². The lowest BCUT2D eigenvalue weighted by molar-refractivity contribution is 0.0995. The largest absolute Gasteiger partial charge is 0.493 e. The van der Waals surface area contributed by atoms with E-state index in [0.717, 1.165) is 33.3 Å². The highest BCUT2D eigenvalue weighted by molar-refractivity contribution is 5.95. The number of methoxy groups -OCH3 is 2. The lowest BCUT2D eigenvalue weighted by atomic mass is 10.0. The molecule has 0 saturated carbocycles. The maximum absolute atomic E-state index is 11.2. The molecule has 0 aliphatic carbocycles. The summed E-state index contributed by atoms with van der Waals surface area (Å²) in [5.41, 5.74) is 9.76. The van der Waals surface area contributed by atoms with Gasteiger partial charge in [0, 0.05) is 22.7 Å². The number of nitrogens with two attached hydrogens (primary N) is 1. The lowest BCUT2D eigenvalue weighted by Crippen LogP contribution is -2.12. The Balaban J connectivity index is 1.84. The Hall–Kier alpha value is -4.00. The number of carbonyl (C=O) groups is 1. The molecule has 0 aliphatic heterocycles. The van der Waals surface area contributed by atoms with Crippen molar-refractivity contribution >= 4 is 16.8 Å². The molecule has 4 aromatic rings. The number of rotatable bonds is 5. The molecule has 4 rings (SSSR count). The first kappa shape index (κ1) is 18.4. The average molecular weight is 386 g/mol. The van der Waals surface area contributed by atoms with Crippen molar-refractivity contribution in [2.24, 2.45) is 5.73 Å². The number of aromatic nitrogens is 3. The molecule has 2 N–H and O–H groups in total. The van der Waals surface area contributed by atoms with Crippen molar-refractivity contribution in [1.82, 2.24) is 15.0 Å². The lowest BCUT2D eigenvalue weighted by Gasteiger charge is -2.11. The number of hydrogen-bond donors (Lipinski definition) is 1. The van der Waals surface area contributed by atoms with Crippen LogP contribution in [0.3, 0.4) is 0 Å². The van der Waals surface area contributed by atoms with Crippen LogP contribution >= 0.6 is 0 Å². The van der Waals surface area contributed by atoms with Crippen molar-refractivity contribution in [3.63, 3.8) is 0 Å². The summed E-state index contributed by atoms with van der Waals surface area (Å²) in [6.45, 7) is 0.